The van der Waals surface area contributed by atoms with Crippen molar-refractivity contribution in [3.8, 4) is 12.1 Å². The number of ketones is 1. The van der Waals surface area contributed by atoms with E-state index in [0.717, 1.165) is 4.73 Å². The Hall–Kier alpha value is -3.09. The molecule has 0 saturated carbocycles. The van der Waals surface area contributed by atoms with Gasteiger partial charge in [0.05, 0.1) is 33.3 Å². The fourth-order valence-corrected chi connectivity index (χ4v) is 2.84. The standard InChI is InChI=1S/C15H7N3O2S/c16-6-9-4-11-12(15(19)14-2-1-3-21-14)8-18(20)13(11)5-10(9)7-17/h1-5,8,20H. The molecule has 0 saturated heterocycles. The minimum Gasteiger partial charge on any atom is -0.428 e. The molecule has 0 spiro atoms. The lowest BCUT2D eigenvalue weighted by atomic mass is 10.0. The molecule has 3 aromatic rings. The van der Waals surface area contributed by atoms with Gasteiger partial charge in [-0.2, -0.15) is 15.3 Å². The lowest BCUT2D eigenvalue weighted by Gasteiger charge is -1.99. The van der Waals surface area contributed by atoms with E-state index in [1.165, 1.54) is 29.7 Å². The molecule has 0 bridgehead atoms. The summed E-state index contributed by atoms with van der Waals surface area (Å²) < 4.78 is 0.804. The van der Waals surface area contributed by atoms with Gasteiger partial charge in [0.2, 0.25) is 5.78 Å². The zero-order valence-corrected chi connectivity index (χ0v) is 11.4. The summed E-state index contributed by atoms with van der Waals surface area (Å²) in [4.78, 5) is 13.0. The highest BCUT2D eigenvalue weighted by molar-refractivity contribution is 7.12. The van der Waals surface area contributed by atoms with Crippen molar-refractivity contribution in [3.63, 3.8) is 0 Å². The van der Waals surface area contributed by atoms with Crippen LogP contribution >= 0.6 is 11.3 Å². The second-order valence-electron chi connectivity index (χ2n) is 4.33. The van der Waals surface area contributed by atoms with Gasteiger partial charge >= 0.3 is 0 Å². The van der Waals surface area contributed by atoms with Crippen LogP contribution < -0.4 is 0 Å². The SMILES string of the molecule is N#Cc1cc2c(C(=O)c3cccs3)cn(O)c2cc1C#N. The summed E-state index contributed by atoms with van der Waals surface area (Å²) in [7, 11) is 0. The Labute approximate surface area is 123 Å². The Kier molecular flexibility index (Phi) is 2.94. The summed E-state index contributed by atoms with van der Waals surface area (Å²) >= 11 is 1.30. The molecule has 100 valence electrons. The minimum atomic E-state index is -0.226. The quantitative estimate of drug-likeness (QED) is 0.581. The molecule has 5 nitrogen and oxygen atoms in total. The Morgan fingerprint density at radius 3 is 2.57 bits per heavy atom. The Bertz CT molecular complexity index is 940. The van der Waals surface area contributed by atoms with E-state index in [2.05, 4.69) is 0 Å². The number of carbonyl (C=O) groups is 1. The second kappa shape index (κ2) is 4.78. The fraction of sp³-hybridized carbons (Fsp3) is 0. The molecular weight excluding hydrogens is 286 g/mol. The highest BCUT2D eigenvalue weighted by Gasteiger charge is 2.19. The van der Waals surface area contributed by atoms with Gasteiger partial charge in [0.1, 0.15) is 12.1 Å². The molecule has 0 fully saturated rings. The van der Waals surface area contributed by atoms with E-state index >= 15 is 0 Å². The molecule has 0 amide bonds. The van der Waals surface area contributed by atoms with Gasteiger partial charge in [-0.05, 0) is 23.6 Å². The Morgan fingerprint density at radius 1 is 1.24 bits per heavy atom. The van der Waals surface area contributed by atoms with Gasteiger partial charge in [-0.1, -0.05) is 6.07 Å². The summed E-state index contributed by atoms with van der Waals surface area (Å²) in [6.07, 6.45) is 1.30. The smallest absolute Gasteiger partial charge is 0.205 e. The van der Waals surface area contributed by atoms with Crippen LogP contribution in [0.25, 0.3) is 10.9 Å². The van der Waals surface area contributed by atoms with Gasteiger partial charge < -0.3 is 5.21 Å². The van der Waals surface area contributed by atoms with Gasteiger partial charge in [-0.3, -0.25) is 4.79 Å². The zero-order valence-electron chi connectivity index (χ0n) is 10.6. The average molecular weight is 293 g/mol. The van der Waals surface area contributed by atoms with Crippen LogP contribution in [0.4, 0.5) is 0 Å². The summed E-state index contributed by atoms with van der Waals surface area (Å²) in [5.74, 6) is -0.226. The Morgan fingerprint density at radius 2 is 1.95 bits per heavy atom. The normalized spacial score (nSPS) is 10.2. The molecule has 0 aliphatic heterocycles. The van der Waals surface area contributed by atoms with Gasteiger partial charge in [0, 0.05) is 5.39 Å². The molecular formula is C15H7N3O2S. The maximum Gasteiger partial charge on any atom is 0.205 e. The topological polar surface area (TPSA) is 89.8 Å². The van der Waals surface area contributed by atoms with Crippen molar-refractivity contribution < 1.29 is 10.0 Å². The van der Waals surface area contributed by atoms with Crippen molar-refractivity contribution in [2.75, 3.05) is 0 Å². The van der Waals surface area contributed by atoms with Crippen LogP contribution in [0.2, 0.25) is 0 Å². The van der Waals surface area contributed by atoms with E-state index < -0.39 is 0 Å². The molecule has 0 aliphatic carbocycles. The van der Waals surface area contributed by atoms with E-state index in [-0.39, 0.29) is 16.9 Å². The van der Waals surface area contributed by atoms with Crippen LogP contribution in [0.1, 0.15) is 26.4 Å². The van der Waals surface area contributed by atoms with E-state index in [4.69, 9.17) is 10.5 Å². The predicted octanol–water partition coefficient (Wildman–Crippen LogP) is 2.91. The van der Waals surface area contributed by atoms with E-state index in [0.29, 0.717) is 21.3 Å². The number of thiophene rings is 1. The largest absolute Gasteiger partial charge is 0.428 e. The minimum absolute atomic E-state index is 0.161. The highest BCUT2D eigenvalue weighted by Crippen LogP contribution is 2.27. The number of fused-ring (bicyclic) bond motifs is 1. The molecule has 0 radical (unpaired) electrons. The maximum absolute atomic E-state index is 12.4. The van der Waals surface area contributed by atoms with Crippen LogP contribution in [0.5, 0.6) is 0 Å². The second-order valence-corrected chi connectivity index (χ2v) is 5.28. The molecule has 2 heterocycles. The van der Waals surface area contributed by atoms with Crippen molar-refractivity contribution in [2.45, 2.75) is 0 Å². The van der Waals surface area contributed by atoms with Crippen LogP contribution in [0.15, 0.2) is 35.8 Å². The summed E-state index contributed by atoms with van der Waals surface area (Å²) in [5, 5.41) is 30.2. The number of nitrogens with zero attached hydrogens (tertiary/aromatic N) is 3. The summed E-state index contributed by atoms with van der Waals surface area (Å²) in [6, 6.07) is 10.2. The van der Waals surface area contributed by atoms with Crippen molar-refractivity contribution in [1.82, 2.24) is 4.73 Å². The first kappa shape index (κ1) is 12.9. The lowest BCUT2D eigenvalue weighted by Crippen LogP contribution is -1.97. The van der Waals surface area contributed by atoms with Gasteiger partial charge in [0.15, 0.2) is 0 Å². The Balaban J connectivity index is 2.29. The van der Waals surface area contributed by atoms with E-state index in [1.54, 1.807) is 17.5 Å². The fourth-order valence-electron chi connectivity index (χ4n) is 2.16. The lowest BCUT2D eigenvalue weighted by molar-refractivity contribution is 0.104. The van der Waals surface area contributed by atoms with Crippen LogP contribution in [-0.4, -0.2) is 15.7 Å². The maximum atomic E-state index is 12.4. The van der Waals surface area contributed by atoms with Gasteiger partial charge in [-0.25, -0.2) is 0 Å². The first-order chi connectivity index (χ1) is 10.2. The van der Waals surface area contributed by atoms with Crippen molar-refractivity contribution >= 4 is 28.0 Å². The van der Waals surface area contributed by atoms with Gasteiger partial charge in [-0.15, -0.1) is 11.3 Å². The number of carbonyl (C=O) groups excluding carboxylic acids is 1. The molecule has 3 rings (SSSR count). The number of aromatic nitrogens is 1. The van der Waals surface area contributed by atoms with Crippen molar-refractivity contribution in [3.05, 3.63) is 57.4 Å². The third-order valence-electron chi connectivity index (χ3n) is 3.15. The van der Waals surface area contributed by atoms with E-state index in [9.17, 15) is 10.0 Å². The van der Waals surface area contributed by atoms with Crippen molar-refractivity contribution in [2.24, 2.45) is 0 Å². The van der Waals surface area contributed by atoms with Crippen LogP contribution in [0.3, 0.4) is 0 Å². The third kappa shape index (κ3) is 1.95. The zero-order chi connectivity index (χ0) is 15.0. The molecule has 6 heteroatoms. The molecule has 1 aromatic carbocycles. The first-order valence-electron chi connectivity index (χ1n) is 5.92. The van der Waals surface area contributed by atoms with E-state index in [1.807, 2.05) is 12.1 Å². The monoisotopic (exact) mass is 293 g/mol. The molecule has 0 atom stereocenters. The molecule has 1 N–H and O–H groups in total. The van der Waals surface area contributed by atoms with Crippen molar-refractivity contribution in [1.29, 1.82) is 10.5 Å². The number of hydrogen-bond acceptors (Lipinski definition) is 5. The van der Waals surface area contributed by atoms with Gasteiger partial charge in [0.25, 0.3) is 0 Å². The number of hydrogen-bond donors (Lipinski definition) is 1. The first-order valence-corrected chi connectivity index (χ1v) is 6.80. The predicted molar refractivity (Wildman–Crippen MR) is 76.3 cm³/mol. The molecule has 21 heavy (non-hydrogen) atoms. The summed E-state index contributed by atoms with van der Waals surface area (Å²) in [5.41, 5.74) is 0.964. The third-order valence-corrected chi connectivity index (χ3v) is 4.02. The average Bonchev–Trinajstić information content (AvgIpc) is 3.14. The number of benzene rings is 1. The molecule has 0 unspecified atom stereocenters. The molecule has 2 aromatic heterocycles. The highest BCUT2D eigenvalue weighted by atomic mass is 32.1. The number of rotatable bonds is 2. The van der Waals surface area contributed by atoms with Crippen LogP contribution in [0, 0.1) is 22.7 Å². The number of nitriles is 2. The molecule has 0 aliphatic rings. The summed E-state index contributed by atoms with van der Waals surface area (Å²) in [6.45, 7) is 0. The van der Waals surface area contributed by atoms with Crippen LogP contribution in [-0.2, 0) is 0 Å².